The van der Waals surface area contributed by atoms with Crippen molar-refractivity contribution >= 4 is 48.5 Å². The van der Waals surface area contributed by atoms with Crippen molar-refractivity contribution in [2.45, 2.75) is 0 Å². The zero-order valence-corrected chi connectivity index (χ0v) is 19.0. The van der Waals surface area contributed by atoms with Crippen LogP contribution in [0.5, 0.6) is 11.5 Å². The monoisotopic (exact) mass is 512 g/mol. The third kappa shape index (κ3) is 10.4. The van der Waals surface area contributed by atoms with Crippen molar-refractivity contribution in [3.05, 3.63) is 46.0 Å². The molecular formula is C18H23B2IN2O6. The molecule has 0 atom stereocenters. The standard InChI is InChI=1S/C9H11BINO3.C9H12BNO3/c1-13-6-15-8-5-3-4-7(9(8)11)12-10-14-2;1-12-7-14-9-5-3-4-8(6-9)11-10-13-2/h3-5H,6H2,1-2H3;3-6H,7H2,1-2H3. The van der Waals surface area contributed by atoms with E-state index in [2.05, 4.69) is 32.4 Å². The predicted molar refractivity (Wildman–Crippen MR) is 120 cm³/mol. The van der Waals surface area contributed by atoms with Gasteiger partial charge in [0.15, 0.2) is 0 Å². The number of benzene rings is 2. The van der Waals surface area contributed by atoms with Gasteiger partial charge in [0.1, 0.15) is 0 Å². The van der Waals surface area contributed by atoms with Gasteiger partial charge in [0.05, 0.1) is 0 Å². The molecule has 29 heavy (non-hydrogen) atoms. The van der Waals surface area contributed by atoms with E-state index < -0.39 is 0 Å². The van der Waals surface area contributed by atoms with Crippen LogP contribution in [0.25, 0.3) is 0 Å². The first kappa shape index (κ1) is 25.1. The van der Waals surface area contributed by atoms with Crippen LogP contribution in [-0.4, -0.2) is 56.6 Å². The first-order chi connectivity index (χ1) is 14.2. The normalized spacial score (nSPS) is 9.97. The quantitative estimate of drug-likeness (QED) is 0.271. The van der Waals surface area contributed by atoms with Crippen molar-refractivity contribution in [1.29, 1.82) is 0 Å². The fourth-order valence-electron chi connectivity index (χ4n) is 1.84. The van der Waals surface area contributed by atoms with Gasteiger partial charge in [-0.15, -0.1) is 0 Å². The minimum absolute atomic E-state index is 0.230. The van der Waals surface area contributed by atoms with Gasteiger partial charge >= 0.3 is 186 Å². The Labute approximate surface area is 185 Å². The van der Waals surface area contributed by atoms with Gasteiger partial charge in [-0.25, -0.2) is 0 Å². The predicted octanol–water partition coefficient (Wildman–Crippen LogP) is 4.10. The van der Waals surface area contributed by atoms with Crippen LogP contribution in [0.4, 0.5) is 11.4 Å². The molecule has 0 fully saturated rings. The molecule has 0 aromatic heterocycles. The fraction of sp³-hybridized carbons (Fsp3) is 0.333. The molecule has 0 spiro atoms. The molecule has 0 unspecified atom stereocenters. The number of rotatable bonds is 10. The van der Waals surface area contributed by atoms with Crippen molar-refractivity contribution in [1.82, 2.24) is 0 Å². The summed E-state index contributed by atoms with van der Waals surface area (Å²) in [5.41, 5.74) is 1.59. The summed E-state index contributed by atoms with van der Waals surface area (Å²) in [6.07, 6.45) is 0. The number of hydrogen-bond donors (Lipinski definition) is 0. The van der Waals surface area contributed by atoms with Gasteiger partial charge in [-0.1, -0.05) is 0 Å². The Kier molecular flexibility index (Phi) is 13.7. The molecule has 0 N–H and O–H groups in total. The van der Waals surface area contributed by atoms with Crippen molar-refractivity contribution < 1.29 is 28.3 Å². The van der Waals surface area contributed by atoms with Crippen molar-refractivity contribution in [2.75, 3.05) is 42.0 Å². The molecule has 11 heteroatoms. The summed E-state index contributed by atoms with van der Waals surface area (Å²) in [4.78, 5) is 8.14. The van der Waals surface area contributed by atoms with Crippen molar-refractivity contribution in [3.63, 3.8) is 0 Å². The van der Waals surface area contributed by atoms with Crippen LogP contribution in [0.3, 0.4) is 0 Å². The van der Waals surface area contributed by atoms with Crippen LogP contribution in [0.15, 0.2) is 52.3 Å². The van der Waals surface area contributed by atoms with Gasteiger partial charge in [0, 0.05) is 0 Å². The van der Waals surface area contributed by atoms with Crippen molar-refractivity contribution in [2.24, 2.45) is 9.79 Å². The molecule has 2 rings (SSSR count). The summed E-state index contributed by atoms with van der Waals surface area (Å²) < 4.78 is 30.6. The Morgan fingerprint density at radius 2 is 1.48 bits per heavy atom. The molecule has 0 bridgehead atoms. The number of ether oxygens (including phenoxy) is 4. The Bertz CT molecular complexity index is 780. The molecule has 0 radical (unpaired) electrons. The van der Waals surface area contributed by atoms with E-state index in [9.17, 15) is 0 Å². The van der Waals surface area contributed by atoms with E-state index in [4.69, 9.17) is 28.3 Å². The Morgan fingerprint density at radius 3 is 2.17 bits per heavy atom. The molecule has 0 amide bonds. The van der Waals surface area contributed by atoms with Crippen LogP contribution >= 0.6 is 22.6 Å². The minimum atomic E-state index is 0.230. The Hall–Kier alpha value is -1.98. The molecule has 0 saturated carbocycles. The average molecular weight is 512 g/mol. The molecule has 0 aliphatic rings. The Balaban J connectivity index is 0.000000291. The molecule has 2 aromatic carbocycles. The third-order valence-electron chi connectivity index (χ3n) is 3.04. The number of methoxy groups -OCH3 is 2. The fourth-order valence-corrected chi connectivity index (χ4v) is 2.49. The van der Waals surface area contributed by atoms with E-state index in [0.717, 1.165) is 26.4 Å². The number of hydrogen-bond acceptors (Lipinski definition) is 8. The molecular weight excluding hydrogens is 489 g/mol. The first-order valence-electron chi connectivity index (χ1n) is 8.39. The first-order valence-corrected chi connectivity index (χ1v) is 9.46. The summed E-state index contributed by atoms with van der Waals surface area (Å²) in [5.74, 6) is 1.47. The maximum absolute atomic E-state index is 5.36. The van der Waals surface area contributed by atoms with E-state index in [1.165, 1.54) is 14.5 Å². The van der Waals surface area contributed by atoms with E-state index in [0.29, 0.717) is 0 Å². The summed E-state index contributed by atoms with van der Waals surface area (Å²) in [5, 5.41) is 0. The molecule has 0 saturated heterocycles. The van der Waals surface area contributed by atoms with E-state index >= 15 is 0 Å². The maximum atomic E-state index is 5.36. The number of halogens is 1. The topological polar surface area (TPSA) is 80.1 Å². The van der Waals surface area contributed by atoms with Gasteiger partial charge in [-0.3, -0.25) is 0 Å². The summed E-state index contributed by atoms with van der Waals surface area (Å²) in [7, 11) is 9.02. The summed E-state index contributed by atoms with van der Waals surface area (Å²) in [6.45, 7) is 0.463. The SMILES string of the molecule is COB=Nc1cccc(OCOC)c1.COB=Nc1cccc(OCOC)c1I. The summed E-state index contributed by atoms with van der Waals surface area (Å²) in [6, 6.07) is 13.0. The third-order valence-corrected chi connectivity index (χ3v) is 4.12. The number of nitrogens with zero attached hydrogens (tertiary/aromatic N) is 2. The van der Waals surface area contributed by atoms with E-state index in [-0.39, 0.29) is 13.6 Å². The van der Waals surface area contributed by atoms with E-state index in [1.54, 1.807) is 34.5 Å². The second-order valence-corrected chi connectivity index (χ2v) is 6.21. The van der Waals surface area contributed by atoms with E-state index in [1.807, 2.05) is 36.4 Å². The Morgan fingerprint density at radius 1 is 0.828 bits per heavy atom. The van der Waals surface area contributed by atoms with Crippen LogP contribution in [0.2, 0.25) is 0 Å². The zero-order chi connectivity index (χ0) is 21.3. The average Bonchev–Trinajstić information content (AvgIpc) is 2.75. The van der Waals surface area contributed by atoms with Crippen LogP contribution in [0.1, 0.15) is 0 Å². The van der Waals surface area contributed by atoms with Gasteiger partial charge < -0.3 is 0 Å². The van der Waals surface area contributed by atoms with Gasteiger partial charge in [-0.2, -0.15) is 0 Å². The van der Waals surface area contributed by atoms with Gasteiger partial charge in [0.2, 0.25) is 0 Å². The molecule has 0 heterocycles. The van der Waals surface area contributed by atoms with Gasteiger partial charge in [0.25, 0.3) is 0 Å². The second kappa shape index (κ2) is 15.9. The molecule has 154 valence electrons. The van der Waals surface area contributed by atoms with Crippen molar-refractivity contribution in [3.8, 4) is 11.5 Å². The molecule has 2 aromatic rings. The van der Waals surface area contributed by atoms with Crippen LogP contribution < -0.4 is 9.47 Å². The molecule has 0 aliphatic heterocycles. The van der Waals surface area contributed by atoms with Gasteiger partial charge in [-0.05, 0) is 0 Å². The molecule has 0 aliphatic carbocycles. The van der Waals surface area contributed by atoms with Crippen LogP contribution in [0, 0.1) is 3.57 Å². The summed E-state index contributed by atoms with van der Waals surface area (Å²) >= 11 is 2.17. The molecule has 8 nitrogen and oxygen atoms in total. The van der Waals surface area contributed by atoms with Crippen LogP contribution in [-0.2, 0) is 18.8 Å². The second-order valence-electron chi connectivity index (χ2n) is 5.13. The zero-order valence-electron chi connectivity index (χ0n) is 16.8.